The van der Waals surface area contributed by atoms with Gasteiger partial charge in [-0.3, -0.25) is 9.48 Å². The molecular formula is C22H23N3O2. The van der Waals surface area contributed by atoms with Crippen molar-refractivity contribution in [1.29, 1.82) is 0 Å². The van der Waals surface area contributed by atoms with Crippen LogP contribution in [0.3, 0.4) is 0 Å². The van der Waals surface area contributed by atoms with E-state index in [1.807, 2.05) is 18.2 Å². The number of nitrogens with one attached hydrogen (secondary N) is 1. The van der Waals surface area contributed by atoms with E-state index in [9.17, 15) is 4.79 Å². The number of carbonyl (C=O) groups is 1. The molecule has 3 aromatic rings. The van der Waals surface area contributed by atoms with Gasteiger partial charge in [-0.2, -0.15) is 5.10 Å². The first-order valence-corrected chi connectivity index (χ1v) is 9.22. The second kappa shape index (κ2) is 7.27. The number of allylic oxidation sites excluding steroid dienone is 1. The van der Waals surface area contributed by atoms with Crippen LogP contribution < -0.4 is 5.32 Å². The lowest BCUT2D eigenvalue weighted by Crippen LogP contribution is -2.32. The molecule has 1 amide bonds. The van der Waals surface area contributed by atoms with Crippen LogP contribution in [0.5, 0.6) is 0 Å². The van der Waals surface area contributed by atoms with Gasteiger partial charge < -0.3 is 9.73 Å². The number of carbonyl (C=O) groups excluding carboxylic acids is 1. The van der Waals surface area contributed by atoms with Gasteiger partial charge in [0, 0.05) is 23.2 Å². The van der Waals surface area contributed by atoms with Gasteiger partial charge in [-0.1, -0.05) is 42.5 Å². The first kappa shape index (κ1) is 17.3. The zero-order valence-electron chi connectivity index (χ0n) is 15.6. The number of amides is 1. The molecule has 0 saturated carbocycles. The zero-order chi connectivity index (χ0) is 18.8. The van der Waals surface area contributed by atoms with Gasteiger partial charge in [-0.15, -0.1) is 0 Å². The Bertz CT molecular complexity index is 955. The number of benzene rings is 1. The number of hydrogen-bond donors (Lipinski definition) is 1. The van der Waals surface area contributed by atoms with Crippen LogP contribution >= 0.6 is 0 Å². The summed E-state index contributed by atoms with van der Waals surface area (Å²) in [6, 6.07) is 13.8. The minimum Gasteiger partial charge on any atom is -0.459 e. The number of aryl methyl sites for hydroxylation is 1. The topological polar surface area (TPSA) is 60.1 Å². The molecule has 27 heavy (non-hydrogen) atoms. The van der Waals surface area contributed by atoms with Crippen molar-refractivity contribution < 1.29 is 9.21 Å². The molecule has 0 radical (unpaired) electrons. The minimum atomic E-state index is -0.177. The summed E-state index contributed by atoms with van der Waals surface area (Å²) < 4.78 is 7.24. The molecule has 5 heteroatoms. The van der Waals surface area contributed by atoms with Gasteiger partial charge in [0.15, 0.2) is 5.76 Å². The molecule has 0 aliphatic heterocycles. The number of rotatable bonds is 5. The molecule has 1 aromatic carbocycles. The van der Waals surface area contributed by atoms with Crippen molar-refractivity contribution in [2.24, 2.45) is 0 Å². The van der Waals surface area contributed by atoms with E-state index < -0.39 is 0 Å². The summed E-state index contributed by atoms with van der Waals surface area (Å²) in [4.78, 5) is 12.2. The summed E-state index contributed by atoms with van der Waals surface area (Å²) in [5.74, 6) is 0.426. The average Bonchev–Trinajstić information content (AvgIpc) is 3.38. The number of hydrogen-bond acceptors (Lipinski definition) is 3. The monoisotopic (exact) mass is 361 g/mol. The Morgan fingerprint density at radius 2 is 2.00 bits per heavy atom. The van der Waals surface area contributed by atoms with E-state index in [1.165, 1.54) is 23.1 Å². The molecule has 1 aliphatic rings. The fourth-order valence-corrected chi connectivity index (χ4v) is 3.83. The quantitative estimate of drug-likeness (QED) is 0.699. The molecular weight excluding hydrogens is 338 g/mol. The number of aromatic nitrogens is 2. The molecule has 138 valence electrons. The maximum atomic E-state index is 12.2. The van der Waals surface area contributed by atoms with Crippen LogP contribution in [0, 0.1) is 13.8 Å². The summed E-state index contributed by atoms with van der Waals surface area (Å²) in [6.07, 6.45) is 6.59. The smallest absolute Gasteiger partial charge is 0.287 e. The van der Waals surface area contributed by atoms with E-state index in [1.54, 1.807) is 12.1 Å². The summed E-state index contributed by atoms with van der Waals surface area (Å²) in [6.45, 7) is 4.95. The average molecular weight is 361 g/mol. The lowest BCUT2D eigenvalue weighted by atomic mass is 9.96. The maximum absolute atomic E-state index is 12.2. The molecule has 0 unspecified atom stereocenters. The molecule has 1 aliphatic carbocycles. The van der Waals surface area contributed by atoms with E-state index in [2.05, 4.69) is 48.1 Å². The highest BCUT2D eigenvalue weighted by Gasteiger charge is 2.27. The SMILES string of the molecule is Cc1nn(Cc2ccccc2)c(C)c1[C@H]1C=C[C@@H](NC(=O)c2ccco2)C1. The Morgan fingerprint density at radius 3 is 2.74 bits per heavy atom. The first-order valence-electron chi connectivity index (χ1n) is 9.22. The molecule has 5 nitrogen and oxygen atoms in total. The van der Waals surface area contributed by atoms with Gasteiger partial charge in [-0.25, -0.2) is 0 Å². The van der Waals surface area contributed by atoms with Crippen LogP contribution in [0.1, 0.15) is 45.4 Å². The third kappa shape index (κ3) is 3.58. The van der Waals surface area contributed by atoms with Crippen molar-refractivity contribution in [2.45, 2.75) is 38.8 Å². The maximum Gasteiger partial charge on any atom is 0.287 e. The van der Waals surface area contributed by atoms with Crippen LogP contribution in [0.25, 0.3) is 0 Å². The van der Waals surface area contributed by atoms with Gasteiger partial charge in [0.2, 0.25) is 0 Å². The van der Waals surface area contributed by atoms with Crippen molar-refractivity contribution in [2.75, 3.05) is 0 Å². The van der Waals surface area contributed by atoms with Crippen molar-refractivity contribution in [3.8, 4) is 0 Å². The van der Waals surface area contributed by atoms with E-state index in [4.69, 9.17) is 9.52 Å². The van der Waals surface area contributed by atoms with Crippen molar-refractivity contribution in [3.05, 3.63) is 89.2 Å². The summed E-state index contributed by atoms with van der Waals surface area (Å²) in [5.41, 5.74) is 4.73. The van der Waals surface area contributed by atoms with Crippen molar-refractivity contribution in [1.82, 2.24) is 15.1 Å². The van der Waals surface area contributed by atoms with E-state index >= 15 is 0 Å². The molecule has 0 fully saturated rings. The van der Waals surface area contributed by atoms with Crippen LogP contribution in [0.15, 0.2) is 65.3 Å². The third-order valence-corrected chi connectivity index (χ3v) is 5.13. The number of nitrogens with zero attached hydrogens (tertiary/aromatic N) is 2. The van der Waals surface area contributed by atoms with E-state index in [0.29, 0.717) is 5.76 Å². The minimum absolute atomic E-state index is 0.00359. The predicted molar refractivity (Wildman–Crippen MR) is 104 cm³/mol. The van der Waals surface area contributed by atoms with E-state index in [0.717, 1.165) is 18.7 Å². The Hall–Kier alpha value is -3.08. The molecule has 0 saturated heterocycles. The highest BCUT2D eigenvalue weighted by atomic mass is 16.3. The molecule has 4 rings (SSSR count). The summed E-state index contributed by atoms with van der Waals surface area (Å²) in [5, 5.41) is 7.78. The standard InChI is InChI=1S/C22H23N3O2/c1-15-21(16(2)25(24-15)14-17-7-4-3-5-8-17)18-10-11-19(13-18)23-22(26)20-9-6-12-27-20/h3-12,18-19H,13-14H2,1-2H3,(H,23,26)/t18-,19+/m0/s1. The Morgan fingerprint density at radius 1 is 1.19 bits per heavy atom. The second-order valence-electron chi connectivity index (χ2n) is 7.01. The first-order chi connectivity index (χ1) is 13.1. The second-order valence-corrected chi connectivity index (χ2v) is 7.01. The van der Waals surface area contributed by atoms with Crippen LogP contribution in [-0.4, -0.2) is 21.7 Å². The molecule has 2 aromatic heterocycles. The molecule has 2 heterocycles. The Labute approximate surface area is 158 Å². The fraction of sp³-hybridized carbons (Fsp3) is 0.273. The Kier molecular flexibility index (Phi) is 4.67. The fourth-order valence-electron chi connectivity index (χ4n) is 3.83. The molecule has 2 atom stereocenters. The zero-order valence-corrected chi connectivity index (χ0v) is 15.6. The van der Waals surface area contributed by atoms with Gasteiger partial charge in [0.05, 0.1) is 18.5 Å². The highest BCUT2D eigenvalue weighted by molar-refractivity contribution is 5.91. The summed E-state index contributed by atoms with van der Waals surface area (Å²) >= 11 is 0. The van der Waals surface area contributed by atoms with Gasteiger partial charge in [0.25, 0.3) is 5.91 Å². The van der Waals surface area contributed by atoms with Crippen LogP contribution in [-0.2, 0) is 6.54 Å². The van der Waals surface area contributed by atoms with Gasteiger partial charge in [0.1, 0.15) is 0 Å². The van der Waals surface area contributed by atoms with Crippen molar-refractivity contribution >= 4 is 5.91 Å². The van der Waals surface area contributed by atoms with E-state index in [-0.39, 0.29) is 17.9 Å². The number of furan rings is 1. The van der Waals surface area contributed by atoms with Crippen LogP contribution in [0.2, 0.25) is 0 Å². The normalized spacial score (nSPS) is 18.7. The Balaban J connectivity index is 1.46. The van der Waals surface area contributed by atoms with Gasteiger partial charge >= 0.3 is 0 Å². The largest absolute Gasteiger partial charge is 0.459 e. The lowest BCUT2D eigenvalue weighted by molar-refractivity contribution is 0.0916. The van der Waals surface area contributed by atoms with Crippen LogP contribution in [0.4, 0.5) is 0 Å². The highest BCUT2D eigenvalue weighted by Crippen LogP contribution is 2.33. The summed E-state index contributed by atoms with van der Waals surface area (Å²) in [7, 11) is 0. The van der Waals surface area contributed by atoms with Crippen molar-refractivity contribution in [3.63, 3.8) is 0 Å². The predicted octanol–water partition coefficient (Wildman–Crippen LogP) is 3.98. The molecule has 1 N–H and O–H groups in total. The lowest BCUT2D eigenvalue weighted by Gasteiger charge is -2.14. The van der Waals surface area contributed by atoms with Gasteiger partial charge in [-0.05, 0) is 38.0 Å². The molecule has 0 bridgehead atoms. The molecule has 0 spiro atoms. The third-order valence-electron chi connectivity index (χ3n) is 5.13.